The van der Waals surface area contributed by atoms with Gasteiger partial charge in [0.25, 0.3) is 0 Å². The van der Waals surface area contributed by atoms with E-state index in [1.54, 1.807) is 7.11 Å². The monoisotopic (exact) mass is 306 g/mol. The van der Waals surface area contributed by atoms with Gasteiger partial charge in [-0.25, -0.2) is 0 Å². The molecule has 1 N–H and O–H groups in total. The fraction of sp³-hybridized carbons (Fsp3) is 1.00. The first-order chi connectivity index (χ1) is 10.5. The number of ether oxygens (including phenoxy) is 1. The molecule has 22 heavy (non-hydrogen) atoms. The lowest BCUT2D eigenvalue weighted by atomic mass is 9.50. The van der Waals surface area contributed by atoms with Crippen LogP contribution in [0, 0.1) is 35.0 Å². The van der Waals surface area contributed by atoms with Crippen molar-refractivity contribution in [2.75, 3.05) is 13.7 Å². The molecule has 0 aliphatic heterocycles. The summed E-state index contributed by atoms with van der Waals surface area (Å²) in [6, 6.07) is 0. The van der Waals surface area contributed by atoms with Crippen LogP contribution in [0.15, 0.2) is 0 Å². The number of hydrogen-bond acceptors (Lipinski definition) is 2. The summed E-state index contributed by atoms with van der Waals surface area (Å²) < 4.78 is 5.29. The Morgan fingerprint density at radius 3 is 2.59 bits per heavy atom. The van der Waals surface area contributed by atoms with Crippen LogP contribution in [0.1, 0.15) is 71.1 Å². The van der Waals surface area contributed by atoms with E-state index < -0.39 is 5.60 Å². The van der Waals surface area contributed by atoms with Crippen LogP contribution in [-0.4, -0.2) is 24.4 Å². The Labute approximate surface area is 136 Å². The zero-order valence-corrected chi connectivity index (χ0v) is 14.5. The molecule has 0 radical (unpaired) electrons. The number of aliphatic hydroxyl groups is 1. The predicted molar refractivity (Wildman–Crippen MR) is 88.6 cm³/mol. The van der Waals surface area contributed by atoms with Crippen LogP contribution in [0.5, 0.6) is 0 Å². The fourth-order valence-corrected chi connectivity index (χ4v) is 7.36. The van der Waals surface area contributed by atoms with Crippen LogP contribution < -0.4 is 0 Å². The molecule has 0 spiro atoms. The summed E-state index contributed by atoms with van der Waals surface area (Å²) in [6.45, 7) is 3.12. The smallest absolute Gasteiger partial charge is 0.0882 e. The molecule has 4 aliphatic rings. The van der Waals surface area contributed by atoms with Crippen molar-refractivity contribution in [1.29, 1.82) is 0 Å². The van der Waals surface area contributed by atoms with Gasteiger partial charge in [-0.2, -0.15) is 0 Å². The van der Waals surface area contributed by atoms with Crippen LogP contribution in [-0.2, 0) is 4.74 Å². The maximum atomic E-state index is 10.8. The van der Waals surface area contributed by atoms with E-state index in [9.17, 15) is 5.11 Å². The second kappa shape index (κ2) is 5.48. The second-order valence-corrected chi connectivity index (χ2v) is 9.42. The van der Waals surface area contributed by atoms with Crippen LogP contribution in [0.25, 0.3) is 0 Å². The molecule has 0 amide bonds. The minimum atomic E-state index is -0.528. The van der Waals surface area contributed by atoms with E-state index in [4.69, 9.17) is 4.74 Å². The van der Waals surface area contributed by atoms with Gasteiger partial charge in [0.1, 0.15) is 0 Å². The van der Waals surface area contributed by atoms with Gasteiger partial charge >= 0.3 is 0 Å². The van der Waals surface area contributed by atoms with Crippen LogP contribution in [0.3, 0.4) is 0 Å². The van der Waals surface area contributed by atoms with Crippen molar-refractivity contribution in [3.63, 3.8) is 0 Å². The third kappa shape index (κ3) is 2.36. The normalized spacial score (nSPS) is 54.4. The van der Waals surface area contributed by atoms with Crippen LogP contribution in [0.4, 0.5) is 0 Å². The molecule has 4 fully saturated rings. The zero-order chi connectivity index (χ0) is 15.4. The molecular formula is C20H34O2. The predicted octanol–water partition coefficient (Wildman–Crippen LogP) is 4.41. The van der Waals surface area contributed by atoms with Gasteiger partial charge in [0.15, 0.2) is 0 Å². The molecule has 4 aliphatic carbocycles. The van der Waals surface area contributed by atoms with E-state index in [0.29, 0.717) is 12.0 Å². The molecule has 4 saturated carbocycles. The Kier molecular flexibility index (Phi) is 3.85. The summed E-state index contributed by atoms with van der Waals surface area (Å²) in [5.41, 5.74) is 0.152. The molecule has 4 rings (SSSR count). The van der Waals surface area contributed by atoms with Crippen molar-refractivity contribution in [1.82, 2.24) is 0 Å². The standard InChI is InChI=1S/C20H34O2/c1-19-9-3-4-18(19)17-6-5-14-12-20(21,13-22-2)11-8-15(14)16(17)7-10-19/h14-18,21H,3-13H2,1-2H3/t14-,15+,16-,17-,18+,19+,20-/m1/s1. The van der Waals surface area contributed by atoms with Crippen LogP contribution in [0.2, 0.25) is 0 Å². The lowest BCUT2D eigenvalue weighted by Gasteiger charge is -2.56. The Morgan fingerprint density at radius 2 is 1.77 bits per heavy atom. The van der Waals surface area contributed by atoms with Gasteiger partial charge < -0.3 is 9.84 Å². The molecule has 7 atom stereocenters. The number of rotatable bonds is 2. The van der Waals surface area contributed by atoms with Gasteiger partial charge in [0.2, 0.25) is 0 Å². The maximum absolute atomic E-state index is 10.8. The van der Waals surface area contributed by atoms with E-state index >= 15 is 0 Å². The highest BCUT2D eigenvalue weighted by atomic mass is 16.5. The van der Waals surface area contributed by atoms with Crippen molar-refractivity contribution >= 4 is 0 Å². The molecule has 2 heteroatoms. The first-order valence-electron chi connectivity index (χ1n) is 9.76. The number of methoxy groups -OCH3 is 1. The molecule has 0 heterocycles. The minimum Gasteiger partial charge on any atom is -0.387 e. The van der Waals surface area contributed by atoms with E-state index in [2.05, 4.69) is 6.92 Å². The first kappa shape index (κ1) is 15.4. The Morgan fingerprint density at radius 1 is 0.955 bits per heavy atom. The minimum absolute atomic E-state index is 0.528. The summed E-state index contributed by atoms with van der Waals surface area (Å²) in [7, 11) is 1.73. The van der Waals surface area contributed by atoms with E-state index in [1.807, 2.05) is 0 Å². The largest absolute Gasteiger partial charge is 0.387 e. The Hall–Kier alpha value is -0.0800. The molecule has 0 bridgehead atoms. The maximum Gasteiger partial charge on any atom is 0.0882 e. The third-order valence-corrected chi connectivity index (χ3v) is 8.30. The highest BCUT2D eigenvalue weighted by Crippen LogP contribution is 2.62. The van der Waals surface area contributed by atoms with Crippen LogP contribution >= 0.6 is 0 Å². The van der Waals surface area contributed by atoms with E-state index in [0.717, 1.165) is 42.4 Å². The quantitative estimate of drug-likeness (QED) is 0.819. The number of fused-ring (bicyclic) bond motifs is 5. The van der Waals surface area contributed by atoms with E-state index in [-0.39, 0.29) is 0 Å². The van der Waals surface area contributed by atoms with Gasteiger partial charge in [0.05, 0.1) is 12.2 Å². The molecular weight excluding hydrogens is 272 g/mol. The van der Waals surface area contributed by atoms with Crippen molar-refractivity contribution < 1.29 is 9.84 Å². The Balaban J connectivity index is 1.50. The average Bonchev–Trinajstić information content (AvgIpc) is 2.88. The molecule has 0 aromatic heterocycles. The summed E-state index contributed by atoms with van der Waals surface area (Å²) in [5, 5.41) is 10.8. The average molecular weight is 306 g/mol. The summed E-state index contributed by atoms with van der Waals surface area (Å²) >= 11 is 0. The van der Waals surface area contributed by atoms with Gasteiger partial charge in [-0.3, -0.25) is 0 Å². The highest BCUT2D eigenvalue weighted by molar-refractivity contribution is 5.04. The molecule has 0 aromatic carbocycles. The first-order valence-corrected chi connectivity index (χ1v) is 9.76. The summed E-state index contributed by atoms with van der Waals surface area (Å²) in [4.78, 5) is 0. The van der Waals surface area contributed by atoms with E-state index in [1.165, 1.54) is 51.4 Å². The van der Waals surface area contributed by atoms with Crippen molar-refractivity contribution in [3.8, 4) is 0 Å². The third-order valence-electron chi connectivity index (χ3n) is 8.30. The van der Waals surface area contributed by atoms with Gasteiger partial charge in [-0.1, -0.05) is 13.3 Å². The highest BCUT2D eigenvalue weighted by Gasteiger charge is 2.54. The fourth-order valence-electron chi connectivity index (χ4n) is 7.36. The zero-order valence-electron chi connectivity index (χ0n) is 14.5. The lowest BCUT2D eigenvalue weighted by molar-refractivity contribution is -0.121. The molecule has 0 aromatic rings. The van der Waals surface area contributed by atoms with Gasteiger partial charge in [0, 0.05) is 7.11 Å². The SMILES string of the molecule is COC[C@@]1(O)CC[C@H]2[C@H](CC[C@@H]3[C@@H]2CC[C@]2(C)CCC[C@@H]32)C1. The van der Waals surface area contributed by atoms with Crippen molar-refractivity contribution in [3.05, 3.63) is 0 Å². The van der Waals surface area contributed by atoms with Gasteiger partial charge in [-0.05, 0) is 92.8 Å². The molecule has 2 nitrogen and oxygen atoms in total. The summed E-state index contributed by atoms with van der Waals surface area (Å²) in [6.07, 6.45) is 13.4. The lowest BCUT2D eigenvalue weighted by Crippen LogP contribution is -2.51. The van der Waals surface area contributed by atoms with Crippen molar-refractivity contribution in [2.45, 2.75) is 76.7 Å². The Bertz CT molecular complexity index is 422. The molecule has 0 unspecified atom stereocenters. The van der Waals surface area contributed by atoms with Crippen molar-refractivity contribution in [2.24, 2.45) is 35.0 Å². The van der Waals surface area contributed by atoms with Gasteiger partial charge in [-0.15, -0.1) is 0 Å². The second-order valence-electron chi connectivity index (χ2n) is 9.42. The number of hydrogen-bond donors (Lipinski definition) is 1. The molecule has 126 valence electrons. The topological polar surface area (TPSA) is 29.5 Å². The molecule has 0 saturated heterocycles. The summed E-state index contributed by atoms with van der Waals surface area (Å²) in [5.74, 6) is 4.67.